The van der Waals surface area contributed by atoms with Gasteiger partial charge in [-0.15, -0.1) is 0 Å². The fourth-order valence-corrected chi connectivity index (χ4v) is 4.98. The molecule has 0 radical (unpaired) electrons. The standard InChI is InChI=1S/C30H25N5O/c1-19-13-21(15-22-14-20(2)36-29(19)22)28-24(18-35(33-28)25-9-5-4-6-10-25)16-23(17-31)30-32-26-11-7-8-12-27(26)34(30)3/h4-13,15-16,18,20H,14H2,1-3H3/b23-16+. The predicted octanol–water partition coefficient (Wildman–Crippen LogP) is 6.12. The van der Waals surface area contributed by atoms with Crippen LogP contribution in [0.25, 0.3) is 39.6 Å². The van der Waals surface area contributed by atoms with Gasteiger partial charge < -0.3 is 9.30 Å². The van der Waals surface area contributed by atoms with Crippen LogP contribution in [0.4, 0.5) is 0 Å². The van der Waals surface area contributed by atoms with E-state index in [9.17, 15) is 5.26 Å². The number of aromatic nitrogens is 4. The Labute approximate surface area is 209 Å². The molecular formula is C30H25N5O. The largest absolute Gasteiger partial charge is 0.490 e. The summed E-state index contributed by atoms with van der Waals surface area (Å²) in [6.45, 7) is 4.16. The Morgan fingerprint density at radius 2 is 1.89 bits per heavy atom. The molecule has 1 aliphatic rings. The molecule has 0 fully saturated rings. The number of nitrogens with zero attached hydrogens (tertiary/aromatic N) is 5. The van der Waals surface area contributed by atoms with E-state index in [0.29, 0.717) is 11.4 Å². The minimum Gasteiger partial charge on any atom is -0.490 e. The van der Waals surface area contributed by atoms with Gasteiger partial charge >= 0.3 is 0 Å². The summed E-state index contributed by atoms with van der Waals surface area (Å²) in [7, 11) is 1.94. The number of allylic oxidation sites excluding steroid dienone is 1. The van der Waals surface area contributed by atoms with E-state index in [1.165, 1.54) is 5.56 Å². The molecule has 2 aromatic heterocycles. The smallest absolute Gasteiger partial charge is 0.151 e. The van der Waals surface area contributed by atoms with Crippen LogP contribution in [0.3, 0.4) is 0 Å². The first kappa shape index (κ1) is 21.9. The van der Waals surface area contributed by atoms with Gasteiger partial charge in [-0.2, -0.15) is 10.4 Å². The second-order valence-corrected chi connectivity index (χ2v) is 9.28. The van der Waals surface area contributed by atoms with Gasteiger partial charge in [0.1, 0.15) is 23.6 Å². The van der Waals surface area contributed by atoms with E-state index in [1.807, 2.05) is 83.2 Å². The highest BCUT2D eigenvalue weighted by Gasteiger charge is 2.23. The van der Waals surface area contributed by atoms with Crippen LogP contribution in [-0.4, -0.2) is 25.4 Å². The zero-order valence-electron chi connectivity index (χ0n) is 20.4. The molecule has 3 heterocycles. The van der Waals surface area contributed by atoms with E-state index in [-0.39, 0.29) is 6.10 Å². The minimum atomic E-state index is 0.165. The number of hydrogen-bond acceptors (Lipinski definition) is 4. The lowest BCUT2D eigenvalue weighted by Gasteiger charge is -2.08. The first-order valence-electron chi connectivity index (χ1n) is 12.0. The molecule has 1 aliphatic heterocycles. The Morgan fingerprint density at radius 1 is 1.11 bits per heavy atom. The van der Waals surface area contributed by atoms with Gasteiger partial charge in [-0.1, -0.05) is 30.3 Å². The molecule has 0 saturated heterocycles. The Morgan fingerprint density at radius 3 is 2.67 bits per heavy atom. The molecule has 6 rings (SSSR count). The van der Waals surface area contributed by atoms with E-state index in [0.717, 1.165) is 51.3 Å². The van der Waals surface area contributed by atoms with Crippen molar-refractivity contribution < 1.29 is 4.74 Å². The summed E-state index contributed by atoms with van der Waals surface area (Å²) in [6.07, 6.45) is 4.91. The van der Waals surface area contributed by atoms with Gasteiger partial charge in [-0.25, -0.2) is 9.67 Å². The van der Waals surface area contributed by atoms with Gasteiger partial charge in [-0.3, -0.25) is 0 Å². The molecule has 0 spiro atoms. The fraction of sp³-hybridized carbons (Fsp3) is 0.167. The van der Waals surface area contributed by atoms with Crippen molar-refractivity contribution in [2.75, 3.05) is 0 Å². The third-order valence-corrected chi connectivity index (χ3v) is 6.66. The lowest BCUT2D eigenvalue weighted by molar-refractivity contribution is 0.253. The van der Waals surface area contributed by atoms with Crippen molar-refractivity contribution in [3.63, 3.8) is 0 Å². The van der Waals surface area contributed by atoms with Gasteiger partial charge in [0.05, 0.1) is 22.3 Å². The molecule has 6 heteroatoms. The Hall–Kier alpha value is -4.63. The van der Waals surface area contributed by atoms with Crippen LogP contribution in [0.5, 0.6) is 5.75 Å². The van der Waals surface area contributed by atoms with Gasteiger partial charge in [0.2, 0.25) is 0 Å². The summed E-state index contributed by atoms with van der Waals surface area (Å²) in [6, 6.07) is 24.6. The molecule has 0 N–H and O–H groups in total. The Bertz CT molecular complexity index is 1680. The van der Waals surface area contributed by atoms with Crippen LogP contribution >= 0.6 is 0 Å². The highest BCUT2D eigenvalue weighted by Crippen LogP contribution is 2.37. The van der Waals surface area contributed by atoms with Gasteiger partial charge in [0.15, 0.2) is 5.82 Å². The van der Waals surface area contributed by atoms with Crippen molar-refractivity contribution in [1.29, 1.82) is 5.26 Å². The van der Waals surface area contributed by atoms with Crippen molar-refractivity contribution in [3.05, 3.63) is 95.4 Å². The summed E-state index contributed by atoms with van der Waals surface area (Å²) >= 11 is 0. The highest BCUT2D eigenvalue weighted by atomic mass is 16.5. The molecule has 6 nitrogen and oxygen atoms in total. The second-order valence-electron chi connectivity index (χ2n) is 9.28. The van der Waals surface area contributed by atoms with Crippen molar-refractivity contribution in [1.82, 2.24) is 19.3 Å². The van der Waals surface area contributed by atoms with Gasteiger partial charge in [0.25, 0.3) is 0 Å². The normalized spacial score (nSPS) is 15.1. The molecule has 5 aromatic rings. The molecule has 3 aromatic carbocycles. The maximum absolute atomic E-state index is 10.2. The average molecular weight is 472 g/mol. The summed E-state index contributed by atoms with van der Waals surface area (Å²) in [5.41, 5.74) is 8.24. The van der Waals surface area contributed by atoms with Crippen LogP contribution in [0.1, 0.15) is 29.4 Å². The summed E-state index contributed by atoms with van der Waals surface area (Å²) in [5.74, 6) is 1.60. The van der Waals surface area contributed by atoms with Crippen LogP contribution in [0, 0.1) is 18.3 Å². The summed E-state index contributed by atoms with van der Waals surface area (Å²) in [4.78, 5) is 4.75. The topological polar surface area (TPSA) is 68.7 Å². The number of nitriles is 1. The highest BCUT2D eigenvalue weighted by molar-refractivity contribution is 5.93. The molecule has 176 valence electrons. The molecule has 36 heavy (non-hydrogen) atoms. The van der Waals surface area contributed by atoms with Crippen molar-refractivity contribution >= 4 is 22.7 Å². The third kappa shape index (κ3) is 3.66. The molecule has 1 unspecified atom stereocenters. The average Bonchev–Trinajstić information content (AvgIpc) is 3.58. The zero-order chi connectivity index (χ0) is 24.8. The SMILES string of the molecule is Cc1cc(-c2nn(-c3ccccc3)cc2/C=C(\C#N)c2nc3ccccc3n2C)cc2c1OC(C)C2. The Balaban J connectivity index is 1.54. The number of fused-ring (bicyclic) bond motifs is 2. The van der Waals surface area contributed by atoms with Crippen molar-refractivity contribution in [3.8, 4) is 28.8 Å². The van der Waals surface area contributed by atoms with Crippen LogP contribution in [0.15, 0.2) is 72.9 Å². The van der Waals surface area contributed by atoms with E-state index in [4.69, 9.17) is 14.8 Å². The molecule has 0 bridgehead atoms. The number of benzene rings is 3. The number of para-hydroxylation sites is 3. The zero-order valence-corrected chi connectivity index (χ0v) is 20.4. The number of ether oxygens (including phenoxy) is 1. The lowest BCUT2D eigenvalue weighted by Crippen LogP contribution is -2.05. The lowest BCUT2D eigenvalue weighted by atomic mass is 9.99. The maximum atomic E-state index is 10.2. The molecule has 1 atom stereocenters. The van der Waals surface area contributed by atoms with E-state index >= 15 is 0 Å². The van der Waals surface area contributed by atoms with Crippen LogP contribution < -0.4 is 4.74 Å². The van der Waals surface area contributed by atoms with Crippen molar-refractivity contribution in [2.45, 2.75) is 26.4 Å². The van der Waals surface area contributed by atoms with E-state index in [1.54, 1.807) is 0 Å². The first-order valence-corrected chi connectivity index (χ1v) is 12.0. The number of rotatable bonds is 4. The second kappa shape index (κ2) is 8.54. The van der Waals surface area contributed by atoms with Crippen LogP contribution in [-0.2, 0) is 13.5 Å². The van der Waals surface area contributed by atoms with Crippen molar-refractivity contribution in [2.24, 2.45) is 7.05 Å². The number of imidazole rings is 1. The van der Waals surface area contributed by atoms with Crippen LogP contribution in [0.2, 0.25) is 0 Å². The van der Waals surface area contributed by atoms with Gasteiger partial charge in [0, 0.05) is 30.8 Å². The van der Waals surface area contributed by atoms with E-state index < -0.39 is 0 Å². The fourth-order valence-electron chi connectivity index (χ4n) is 4.98. The molecule has 0 amide bonds. The quantitative estimate of drug-likeness (QED) is 0.296. The van der Waals surface area contributed by atoms with E-state index in [2.05, 4.69) is 32.0 Å². The number of aryl methyl sites for hydroxylation is 2. The summed E-state index contributed by atoms with van der Waals surface area (Å²) < 4.78 is 9.85. The Kier molecular flexibility index (Phi) is 5.19. The monoisotopic (exact) mass is 471 g/mol. The molecule has 0 saturated carbocycles. The number of hydrogen-bond donors (Lipinski definition) is 0. The summed E-state index contributed by atoms with van der Waals surface area (Å²) in [5, 5.41) is 15.1. The van der Waals surface area contributed by atoms with Gasteiger partial charge in [-0.05, 0) is 67.4 Å². The third-order valence-electron chi connectivity index (χ3n) is 6.66. The maximum Gasteiger partial charge on any atom is 0.151 e. The molecular weight excluding hydrogens is 446 g/mol. The first-order chi connectivity index (χ1) is 17.5. The predicted molar refractivity (Wildman–Crippen MR) is 142 cm³/mol. The molecule has 0 aliphatic carbocycles. The minimum absolute atomic E-state index is 0.165.